The van der Waals surface area contributed by atoms with E-state index in [1.807, 2.05) is 19.2 Å². The van der Waals surface area contributed by atoms with Crippen LogP contribution in [0.3, 0.4) is 0 Å². The summed E-state index contributed by atoms with van der Waals surface area (Å²) >= 11 is 3.31. The van der Waals surface area contributed by atoms with E-state index in [1.165, 1.54) is 0 Å². The van der Waals surface area contributed by atoms with E-state index < -0.39 is 16.1 Å². The Labute approximate surface area is 161 Å². The molecule has 26 heavy (non-hydrogen) atoms. The molecule has 3 aromatic rings. The molecular weight excluding hydrogens is 418 g/mol. The number of sulfonamides is 1. The highest BCUT2D eigenvalue weighted by molar-refractivity contribution is 9.10. The molecule has 0 bridgehead atoms. The molecule has 136 valence electrons. The van der Waals surface area contributed by atoms with Crippen molar-refractivity contribution < 1.29 is 13.2 Å². The predicted molar refractivity (Wildman–Crippen MR) is 103 cm³/mol. The van der Waals surface area contributed by atoms with Crippen molar-refractivity contribution in [1.82, 2.24) is 14.3 Å². The molecule has 0 aliphatic heterocycles. The molecule has 1 atom stereocenters. The zero-order valence-electron chi connectivity index (χ0n) is 14.3. The maximum absolute atomic E-state index is 12.9. The van der Waals surface area contributed by atoms with E-state index in [2.05, 4.69) is 25.6 Å². The Morgan fingerprint density at radius 1 is 1.19 bits per heavy atom. The quantitative estimate of drug-likeness (QED) is 0.644. The van der Waals surface area contributed by atoms with Gasteiger partial charge in [0.2, 0.25) is 10.0 Å². The van der Waals surface area contributed by atoms with Crippen LogP contribution in [0.2, 0.25) is 0 Å². The van der Waals surface area contributed by atoms with Gasteiger partial charge >= 0.3 is 0 Å². The second kappa shape index (κ2) is 7.61. The minimum absolute atomic E-state index is 0.180. The molecule has 1 aromatic heterocycles. The van der Waals surface area contributed by atoms with E-state index in [0.29, 0.717) is 16.0 Å². The molecule has 0 spiro atoms. The third-order valence-electron chi connectivity index (χ3n) is 3.95. The molecule has 2 aromatic carbocycles. The molecule has 1 heterocycles. The van der Waals surface area contributed by atoms with Gasteiger partial charge in [0.25, 0.3) is 0 Å². The van der Waals surface area contributed by atoms with Crippen LogP contribution in [0.25, 0.3) is 0 Å². The predicted octanol–water partition coefficient (Wildman–Crippen LogP) is 3.26. The van der Waals surface area contributed by atoms with Crippen molar-refractivity contribution in [2.75, 3.05) is 7.11 Å². The summed E-state index contributed by atoms with van der Waals surface area (Å²) in [6.07, 6.45) is 3.42. The van der Waals surface area contributed by atoms with Gasteiger partial charge in [-0.1, -0.05) is 34.1 Å². The number of benzene rings is 2. The van der Waals surface area contributed by atoms with E-state index in [0.717, 1.165) is 5.56 Å². The van der Waals surface area contributed by atoms with Crippen molar-refractivity contribution in [3.63, 3.8) is 0 Å². The fraction of sp³-hybridized carbons (Fsp3) is 0.167. The number of imidazole rings is 1. The van der Waals surface area contributed by atoms with Crippen LogP contribution in [0.1, 0.15) is 17.4 Å². The summed E-state index contributed by atoms with van der Waals surface area (Å²) in [7, 11) is -0.343. The summed E-state index contributed by atoms with van der Waals surface area (Å²) in [5.41, 5.74) is 0.763. The van der Waals surface area contributed by atoms with Gasteiger partial charge in [-0.2, -0.15) is 4.72 Å². The lowest BCUT2D eigenvalue weighted by Crippen LogP contribution is -2.31. The number of hydrogen-bond acceptors (Lipinski definition) is 4. The van der Waals surface area contributed by atoms with Crippen molar-refractivity contribution in [3.05, 3.63) is 76.8 Å². The van der Waals surface area contributed by atoms with Crippen molar-refractivity contribution in [2.24, 2.45) is 7.05 Å². The number of rotatable bonds is 6. The summed E-state index contributed by atoms with van der Waals surface area (Å²) in [5.74, 6) is 1.29. The molecule has 3 rings (SSSR count). The van der Waals surface area contributed by atoms with Gasteiger partial charge in [0.1, 0.15) is 17.6 Å². The van der Waals surface area contributed by atoms with Crippen molar-refractivity contribution >= 4 is 26.0 Å². The molecule has 0 aliphatic carbocycles. The fourth-order valence-electron chi connectivity index (χ4n) is 2.58. The minimum Gasteiger partial charge on any atom is -0.497 e. The molecule has 1 N–H and O–H groups in total. The van der Waals surface area contributed by atoms with Gasteiger partial charge in [0.05, 0.1) is 12.0 Å². The first-order chi connectivity index (χ1) is 12.4. The first-order valence-electron chi connectivity index (χ1n) is 7.80. The molecule has 1 unspecified atom stereocenters. The van der Waals surface area contributed by atoms with Gasteiger partial charge in [-0.05, 0) is 35.9 Å². The topological polar surface area (TPSA) is 73.2 Å². The fourth-order valence-corrected chi connectivity index (χ4v) is 4.36. The molecule has 6 nitrogen and oxygen atoms in total. The van der Waals surface area contributed by atoms with Crippen LogP contribution >= 0.6 is 15.9 Å². The van der Waals surface area contributed by atoms with E-state index in [1.54, 1.807) is 60.5 Å². The second-order valence-electron chi connectivity index (χ2n) is 5.68. The average Bonchev–Trinajstić information content (AvgIpc) is 3.06. The van der Waals surface area contributed by atoms with E-state index >= 15 is 0 Å². The lowest BCUT2D eigenvalue weighted by Gasteiger charge is -2.19. The summed E-state index contributed by atoms with van der Waals surface area (Å²) in [4.78, 5) is 4.51. The highest BCUT2D eigenvalue weighted by Gasteiger charge is 2.25. The summed E-state index contributed by atoms with van der Waals surface area (Å²) in [5, 5.41) is 0. The number of nitrogens with zero attached hydrogens (tertiary/aromatic N) is 2. The van der Waals surface area contributed by atoms with Gasteiger partial charge < -0.3 is 9.30 Å². The zero-order valence-corrected chi connectivity index (χ0v) is 16.7. The molecule has 0 aliphatic rings. The lowest BCUT2D eigenvalue weighted by atomic mass is 10.1. The minimum atomic E-state index is -3.75. The number of ether oxygens (including phenoxy) is 1. The second-order valence-corrected chi connectivity index (χ2v) is 8.31. The number of hydrogen-bond donors (Lipinski definition) is 1. The molecular formula is C18H18BrN3O3S. The SMILES string of the molecule is COc1ccc(C(NS(=O)(=O)c2cccc(Br)c2)c2nccn2C)cc1. The highest BCUT2D eigenvalue weighted by Crippen LogP contribution is 2.26. The number of aromatic nitrogens is 2. The van der Waals surface area contributed by atoms with Crippen LogP contribution in [0, 0.1) is 0 Å². The Balaban J connectivity index is 2.02. The van der Waals surface area contributed by atoms with Crippen LogP contribution in [0.15, 0.2) is 70.3 Å². The monoisotopic (exact) mass is 435 g/mol. The van der Waals surface area contributed by atoms with Crippen LogP contribution < -0.4 is 9.46 Å². The smallest absolute Gasteiger partial charge is 0.241 e. The Bertz CT molecular complexity index is 1000. The Morgan fingerprint density at radius 2 is 1.92 bits per heavy atom. The van der Waals surface area contributed by atoms with E-state index in [4.69, 9.17) is 4.74 Å². The number of methoxy groups -OCH3 is 1. The van der Waals surface area contributed by atoms with Crippen LogP contribution in [-0.2, 0) is 17.1 Å². The average molecular weight is 436 g/mol. The largest absolute Gasteiger partial charge is 0.497 e. The van der Waals surface area contributed by atoms with Gasteiger partial charge in [-0.25, -0.2) is 13.4 Å². The van der Waals surface area contributed by atoms with Crippen molar-refractivity contribution in [1.29, 1.82) is 0 Å². The standard InChI is InChI=1S/C18H18BrN3O3S/c1-22-11-10-20-18(22)17(13-6-8-15(25-2)9-7-13)21-26(23,24)16-5-3-4-14(19)12-16/h3-12,17,21H,1-2H3. The maximum atomic E-state index is 12.9. The van der Waals surface area contributed by atoms with Gasteiger partial charge in [-0.15, -0.1) is 0 Å². The van der Waals surface area contributed by atoms with Gasteiger partial charge in [-0.3, -0.25) is 0 Å². The number of nitrogens with one attached hydrogen (secondary N) is 1. The van der Waals surface area contributed by atoms with Crippen molar-refractivity contribution in [3.8, 4) is 5.75 Å². The summed E-state index contributed by atoms with van der Waals surface area (Å²) in [6.45, 7) is 0. The third kappa shape index (κ3) is 3.98. The first kappa shape index (κ1) is 18.6. The Hall–Kier alpha value is -2.16. The number of aryl methyl sites for hydroxylation is 1. The van der Waals surface area contributed by atoms with Crippen LogP contribution in [0.4, 0.5) is 0 Å². The highest BCUT2D eigenvalue weighted by atomic mass is 79.9. The zero-order chi connectivity index (χ0) is 18.7. The molecule has 0 amide bonds. The lowest BCUT2D eigenvalue weighted by molar-refractivity contribution is 0.414. The first-order valence-corrected chi connectivity index (χ1v) is 10.1. The van der Waals surface area contributed by atoms with E-state index in [9.17, 15) is 8.42 Å². The summed E-state index contributed by atoms with van der Waals surface area (Å²) in [6, 6.07) is 13.2. The molecule has 0 saturated heterocycles. The van der Waals surface area contributed by atoms with Crippen LogP contribution in [-0.4, -0.2) is 25.1 Å². The van der Waals surface area contributed by atoms with Crippen molar-refractivity contribution in [2.45, 2.75) is 10.9 Å². The van der Waals surface area contributed by atoms with Crippen LogP contribution in [0.5, 0.6) is 5.75 Å². The Morgan fingerprint density at radius 3 is 2.50 bits per heavy atom. The molecule has 0 saturated carbocycles. The normalized spacial score (nSPS) is 12.7. The van der Waals surface area contributed by atoms with E-state index in [-0.39, 0.29) is 4.90 Å². The molecule has 8 heteroatoms. The van der Waals surface area contributed by atoms with Gasteiger partial charge in [0.15, 0.2) is 0 Å². The third-order valence-corrected chi connectivity index (χ3v) is 5.86. The molecule has 0 fully saturated rings. The molecule has 0 radical (unpaired) electrons. The summed E-state index contributed by atoms with van der Waals surface area (Å²) < 4.78 is 36.2. The van der Waals surface area contributed by atoms with Gasteiger partial charge in [0, 0.05) is 23.9 Å². The maximum Gasteiger partial charge on any atom is 0.241 e. The number of halogens is 1. The Kier molecular flexibility index (Phi) is 5.45.